The molecular formula is C15H15FN8O. The van der Waals surface area contributed by atoms with Crippen molar-refractivity contribution in [1.29, 1.82) is 0 Å². The molecule has 0 aromatic carbocycles. The number of carbonyl (C=O) groups excluding carboxylic acids is 1. The Kier molecular flexibility index (Phi) is 4.35. The fraction of sp³-hybridized carbons (Fsp3) is 0.133. The number of aryl methyl sites for hydroxylation is 1. The number of pyridine rings is 2. The Bertz CT molecular complexity index is 926. The van der Waals surface area contributed by atoms with Gasteiger partial charge in [-0.15, -0.1) is 4.80 Å². The van der Waals surface area contributed by atoms with Crippen LogP contribution in [-0.2, 0) is 0 Å². The van der Waals surface area contributed by atoms with Gasteiger partial charge in [-0.2, -0.15) is 10.2 Å². The van der Waals surface area contributed by atoms with Crippen molar-refractivity contribution >= 4 is 23.1 Å². The van der Waals surface area contributed by atoms with Gasteiger partial charge >= 0.3 is 0 Å². The van der Waals surface area contributed by atoms with Gasteiger partial charge in [0.2, 0.25) is 0 Å². The number of nitrogen functional groups attached to an aromatic ring is 1. The van der Waals surface area contributed by atoms with Crippen molar-refractivity contribution in [2.45, 2.75) is 6.92 Å². The number of nitrogens with two attached hydrogens (primary N) is 2. The molecule has 9 nitrogen and oxygen atoms in total. The van der Waals surface area contributed by atoms with Crippen LogP contribution in [0.1, 0.15) is 16.1 Å². The van der Waals surface area contributed by atoms with E-state index in [0.29, 0.717) is 17.1 Å². The van der Waals surface area contributed by atoms with Crippen molar-refractivity contribution in [3.63, 3.8) is 0 Å². The van der Waals surface area contributed by atoms with E-state index in [-0.39, 0.29) is 23.7 Å². The predicted molar refractivity (Wildman–Crippen MR) is 89.2 cm³/mol. The first-order chi connectivity index (χ1) is 12.0. The minimum atomic E-state index is -0.786. The predicted octanol–water partition coefficient (Wildman–Crippen LogP) is 0.972. The molecular weight excluding hydrogens is 327 g/mol. The van der Waals surface area contributed by atoms with Crippen LogP contribution >= 0.6 is 0 Å². The third kappa shape index (κ3) is 3.28. The van der Waals surface area contributed by atoms with Crippen molar-refractivity contribution in [2.75, 3.05) is 17.6 Å². The Hall–Kier alpha value is -3.40. The van der Waals surface area contributed by atoms with Crippen molar-refractivity contribution in [3.8, 4) is 5.69 Å². The SMILES string of the molecule is Cc1ncc(Nc2nc(N)c(F)cc2C(=O)CN)cc1-n1nccn1. The van der Waals surface area contributed by atoms with Crippen molar-refractivity contribution in [2.24, 2.45) is 5.73 Å². The molecule has 0 aliphatic heterocycles. The van der Waals surface area contributed by atoms with E-state index in [2.05, 4.69) is 25.5 Å². The smallest absolute Gasteiger partial charge is 0.180 e. The normalized spacial score (nSPS) is 10.7. The van der Waals surface area contributed by atoms with E-state index < -0.39 is 11.6 Å². The maximum Gasteiger partial charge on any atom is 0.180 e. The summed E-state index contributed by atoms with van der Waals surface area (Å²) < 4.78 is 13.7. The lowest BCUT2D eigenvalue weighted by atomic mass is 10.1. The second-order valence-electron chi connectivity index (χ2n) is 5.15. The van der Waals surface area contributed by atoms with E-state index in [1.165, 1.54) is 4.80 Å². The van der Waals surface area contributed by atoms with Crippen molar-refractivity contribution < 1.29 is 9.18 Å². The Morgan fingerprint density at radius 3 is 2.72 bits per heavy atom. The molecule has 0 spiro atoms. The molecule has 5 N–H and O–H groups in total. The minimum Gasteiger partial charge on any atom is -0.381 e. The zero-order valence-electron chi connectivity index (χ0n) is 13.3. The van der Waals surface area contributed by atoms with Gasteiger partial charge in [0.15, 0.2) is 17.4 Å². The van der Waals surface area contributed by atoms with Crippen molar-refractivity contribution in [1.82, 2.24) is 25.0 Å². The molecule has 10 heteroatoms. The third-order valence-electron chi connectivity index (χ3n) is 3.45. The van der Waals surface area contributed by atoms with Crippen LogP contribution in [0.5, 0.6) is 0 Å². The highest BCUT2D eigenvalue weighted by Crippen LogP contribution is 2.24. The van der Waals surface area contributed by atoms with E-state index in [1.54, 1.807) is 31.6 Å². The van der Waals surface area contributed by atoms with Crippen LogP contribution in [0.15, 0.2) is 30.7 Å². The number of hydrogen-bond donors (Lipinski definition) is 3. The first-order valence-electron chi connectivity index (χ1n) is 7.29. The molecule has 128 valence electrons. The Labute approximate surface area is 141 Å². The van der Waals surface area contributed by atoms with E-state index in [1.807, 2.05) is 0 Å². The molecule has 3 aromatic heterocycles. The highest BCUT2D eigenvalue weighted by Gasteiger charge is 2.16. The van der Waals surface area contributed by atoms with Gasteiger partial charge < -0.3 is 16.8 Å². The molecule has 0 saturated heterocycles. The number of ketones is 1. The minimum absolute atomic E-state index is 0.00791. The average molecular weight is 342 g/mol. The summed E-state index contributed by atoms with van der Waals surface area (Å²) in [6.07, 6.45) is 4.62. The van der Waals surface area contributed by atoms with Crippen LogP contribution in [0.25, 0.3) is 5.69 Å². The zero-order valence-corrected chi connectivity index (χ0v) is 13.3. The fourth-order valence-corrected chi connectivity index (χ4v) is 2.19. The molecule has 3 aromatic rings. The first kappa shape index (κ1) is 16.5. The number of rotatable bonds is 5. The van der Waals surface area contributed by atoms with Crippen LogP contribution in [0, 0.1) is 12.7 Å². The van der Waals surface area contributed by atoms with Crippen LogP contribution in [0.2, 0.25) is 0 Å². The number of hydrogen-bond acceptors (Lipinski definition) is 8. The summed E-state index contributed by atoms with van der Waals surface area (Å²) in [6, 6.07) is 2.73. The first-order valence-corrected chi connectivity index (χ1v) is 7.29. The van der Waals surface area contributed by atoms with Crippen LogP contribution in [0.4, 0.5) is 21.7 Å². The monoisotopic (exact) mass is 342 g/mol. The summed E-state index contributed by atoms with van der Waals surface area (Å²) in [4.78, 5) is 21.5. The van der Waals surface area contributed by atoms with E-state index in [4.69, 9.17) is 11.5 Å². The number of Topliss-reactive ketones (excluding diaryl/α,β-unsaturated/α-hetero) is 1. The van der Waals surface area contributed by atoms with E-state index in [9.17, 15) is 9.18 Å². The number of aromatic nitrogens is 5. The number of anilines is 3. The molecule has 0 radical (unpaired) electrons. The molecule has 0 saturated carbocycles. The van der Waals surface area contributed by atoms with Gasteiger partial charge in [0.05, 0.1) is 42.1 Å². The molecule has 0 bridgehead atoms. The summed E-state index contributed by atoms with van der Waals surface area (Å²) in [6.45, 7) is 1.52. The maximum atomic E-state index is 13.7. The fourth-order valence-electron chi connectivity index (χ4n) is 2.19. The van der Waals surface area contributed by atoms with E-state index >= 15 is 0 Å². The molecule has 0 aliphatic rings. The third-order valence-corrected chi connectivity index (χ3v) is 3.45. The lowest BCUT2D eigenvalue weighted by Gasteiger charge is -2.12. The standard InChI is InChI=1S/C15H15FN8O/c1-8-12(24-20-2-3-21-24)4-9(7-19-8)22-15-10(13(25)6-17)5-11(16)14(18)23-15/h2-5,7H,6,17H2,1H3,(H3,18,22,23). The van der Waals surface area contributed by atoms with Gasteiger partial charge in [0.25, 0.3) is 0 Å². The second-order valence-corrected chi connectivity index (χ2v) is 5.15. The van der Waals surface area contributed by atoms with Crippen molar-refractivity contribution in [3.05, 3.63) is 47.8 Å². The highest BCUT2D eigenvalue weighted by molar-refractivity contribution is 6.02. The van der Waals surface area contributed by atoms with E-state index in [0.717, 1.165) is 6.07 Å². The Balaban J connectivity index is 2.02. The molecule has 0 aliphatic carbocycles. The number of carbonyl (C=O) groups is 1. The molecule has 3 heterocycles. The largest absolute Gasteiger partial charge is 0.381 e. The summed E-state index contributed by atoms with van der Waals surface area (Å²) in [5.41, 5.74) is 12.7. The van der Waals surface area contributed by atoms with Gasteiger partial charge in [-0.25, -0.2) is 9.37 Å². The molecule has 0 fully saturated rings. The van der Waals surface area contributed by atoms with Crippen LogP contribution < -0.4 is 16.8 Å². The van der Waals surface area contributed by atoms with Crippen LogP contribution in [0.3, 0.4) is 0 Å². The molecule has 0 unspecified atom stereocenters. The Morgan fingerprint density at radius 2 is 2.04 bits per heavy atom. The zero-order chi connectivity index (χ0) is 18.0. The lowest BCUT2D eigenvalue weighted by Crippen LogP contribution is -2.17. The van der Waals surface area contributed by atoms with Crippen LogP contribution in [-0.4, -0.2) is 37.3 Å². The molecule has 3 rings (SSSR count). The maximum absolute atomic E-state index is 13.7. The summed E-state index contributed by atoms with van der Waals surface area (Å²) >= 11 is 0. The molecule has 0 atom stereocenters. The summed E-state index contributed by atoms with van der Waals surface area (Å²) in [7, 11) is 0. The number of halogens is 1. The summed E-state index contributed by atoms with van der Waals surface area (Å²) in [5, 5.41) is 11.0. The number of nitrogens with one attached hydrogen (secondary N) is 1. The molecule has 0 amide bonds. The second kappa shape index (κ2) is 6.61. The topological polar surface area (TPSA) is 138 Å². The quantitative estimate of drug-likeness (QED) is 0.583. The van der Waals surface area contributed by atoms with Gasteiger partial charge in [-0.05, 0) is 19.1 Å². The summed E-state index contributed by atoms with van der Waals surface area (Å²) in [5.74, 6) is -1.49. The van der Waals surface area contributed by atoms with Gasteiger partial charge in [-0.3, -0.25) is 9.78 Å². The van der Waals surface area contributed by atoms with Gasteiger partial charge in [-0.1, -0.05) is 0 Å². The highest BCUT2D eigenvalue weighted by atomic mass is 19.1. The van der Waals surface area contributed by atoms with Gasteiger partial charge in [0, 0.05) is 0 Å². The Morgan fingerprint density at radius 1 is 1.32 bits per heavy atom. The molecule has 25 heavy (non-hydrogen) atoms. The number of nitrogens with zero attached hydrogens (tertiary/aromatic N) is 5. The van der Waals surface area contributed by atoms with Gasteiger partial charge in [0.1, 0.15) is 11.5 Å². The average Bonchev–Trinajstić information content (AvgIpc) is 3.13. The lowest BCUT2D eigenvalue weighted by molar-refractivity contribution is 0.100.